The number of carbonyl (C=O) groups excluding carboxylic acids is 6. The molecule has 3 amide bonds. The molecule has 24 nitrogen and oxygen atoms in total. The number of thiol groups is 1. The standard InChI is InChI=1S/C44H59N11O13S/c1-3-24(39(64)53-30(21-69)42(67)68)16-32(57)29(19-36(62)63)52-40(65)26(5-4-14-48-43(45)46)17-33(58)28(18-35(60)61)51-34(59)13-6-22(2)15-31(56)25-10-7-23(8-11-25)9-12-27-20-49-38-37(50-27)41(66)55-44(47)54-38/h7-8,10-11,20,22,24,26,28-30,69H,3-6,9,12-19,21H2,1-2H3,(H,51,59)(H,52,65)(H,53,64)(H,60,61)(H,62,63)(H,67,68)(H4,45,46,48)(H3,47,49,54,55,66)/t22-,24-,26-,28+,29+,30+/m0/s1. The first-order valence-corrected chi connectivity index (χ1v) is 22.6. The van der Waals surface area contributed by atoms with Gasteiger partial charge in [-0.15, -0.1) is 0 Å². The largest absolute Gasteiger partial charge is 0.481 e. The number of hydrogen-bond acceptors (Lipinski definition) is 16. The molecular formula is C44H59N11O13S. The van der Waals surface area contributed by atoms with E-state index in [-0.39, 0.29) is 85.6 Å². The topological polar surface area (TPSA) is 412 Å². The molecule has 2 aromatic heterocycles. The molecule has 374 valence electrons. The number of benzene rings is 1. The van der Waals surface area contributed by atoms with Gasteiger partial charge in [0.05, 0.1) is 36.8 Å². The molecule has 0 unspecified atom stereocenters. The lowest BCUT2D eigenvalue weighted by atomic mass is 9.90. The van der Waals surface area contributed by atoms with Crippen molar-refractivity contribution in [2.24, 2.45) is 34.2 Å². The van der Waals surface area contributed by atoms with E-state index in [0.29, 0.717) is 24.1 Å². The SMILES string of the molecule is CC[C@@H](CC(=O)[C@@H](CC(=O)O)NC(=O)[C@@H](CCCN=C(N)N)CC(=O)[C@@H](CC(=O)O)NC(=O)CC[C@H](C)CC(=O)c1ccc(CCc2cnc3nc(N)[nH]c(=O)c3n2)cc1)C(=O)N[C@H](CS)C(=O)O. The summed E-state index contributed by atoms with van der Waals surface area (Å²) in [4.78, 5) is 146. The molecule has 0 aliphatic heterocycles. The molecule has 0 fully saturated rings. The van der Waals surface area contributed by atoms with Gasteiger partial charge in [-0.05, 0) is 50.0 Å². The van der Waals surface area contributed by atoms with E-state index in [4.69, 9.17) is 17.2 Å². The van der Waals surface area contributed by atoms with Crippen LogP contribution in [0.4, 0.5) is 5.95 Å². The first-order valence-electron chi connectivity index (χ1n) is 22.0. The number of amides is 3. The Hall–Kier alpha value is -7.31. The Bertz CT molecular complexity index is 2440. The number of fused-ring (bicyclic) bond motifs is 1. The number of anilines is 1. The smallest absolute Gasteiger partial charge is 0.327 e. The van der Waals surface area contributed by atoms with E-state index < -0.39 is 108 Å². The van der Waals surface area contributed by atoms with Gasteiger partial charge in [0, 0.05) is 55.4 Å². The average molecular weight is 982 g/mol. The van der Waals surface area contributed by atoms with Crippen LogP contribution in [0.15, 0.2) is 40.2 Å². The van der Waals surface area contributed by atoms with Crippen molar-refractivity contribution in [1.82, 2.24) is 35.9 Å². The van der Waals surface area contributed by atoms with Crippen LogP contribution in [0.25, 0.3) is 11.2 Å². The molecule has 0 spiro atoms. The molecule has 3 rings (SSSR count). The number of H-pyrrole nitrogens is 1. The van der Waals surface area contributed by atoms with Crippen LogP contribution < -0.4 is 38.7 Å². The highest BCUT2D eigenvalue weighted by atomic mass is 32.1. The molecule has 2 heterocycles. The van der Waals surface area contributed by atoms with Crippen LogP contribution in [0, 0.1) is 17.8 Å². The summed E-state index contributed by atoms with van der Waals surface area (Å²) in [5.74, 6) is -12.0. The third-order valence-electron chi connectivity index (χ3n) is 10.9. The number of Topliss-reactive ketones (excluding diaryl/α,β-unsaturated/α-hetero) is 3. The summed E-state index contributed by atoms with van der Waals surface area (Å²) in [6, 6.07) is 2.28. The van der Waals surface area contributed by atoms with Crippen LogP contribution in [-0.2, 0) is 51.2 Å². The summed E-state index contributed by atoms with van der Waals surface area (Å²) in [5, 5.41) is 35.6. The van der Waals surface area contributed by atoms with Crippen molar-refractivity contribution in [2.75, 3.05) is 18.0 Å². The van der Waals surface area contributed by atoms with Crippen molar-refractivity contribution in [2.45, 2.75) is 109 Å². The van der Waals surface area contributed by atoms with Crippen molar-refractivity contribution in [3.63, 3.8) is 0 Å². The number of aliphatic imine (C=N–C) groups is 1. The third kappa shape index (κ3) is 19.1. The first kappa shape index (κ1) is 56.0. The van der Waals surface area contributed by atoms with Gasteiger partial charge in [0.15, 0.2) is 34.5 Å². The Morgan fingerprint density at radius 2 is 1.38 bits per heavy atom. The molecule has 0 aliphatic carbocycles. The third-order valence-corrected chi connectivity index (χ3v) is 11.3. The monoisotopic (exact) mass is 981 g/mol. The van der Waals surface area contributed by atoms with Crippen LogP contribution in [0.2, 0.25) is 0 Å². The molecular weight excluding hydrogens is 923 g/mol. The van der Waals surface area contributed by atoms with Gasteiger partial charge in [-0.3, -0.25) is 53.1 Å². The van der Waals surface area contributed by atoms with E-state index >= 15 is 0 Å². The van der Waals surface area contributed by atoms with Crippen LogP contribution in [0.1, 0.15) is 99.7 Å². The minimum Gasteiger partial charge on any atom is -0.481 e. The summed E-state index contributed by atoms with van der Waals surface area (Å²) in [7, 11) is 0. The maximum atomic E-state index is 13.7. The van der Waals surface area contributed by atoms with E-state index in [9.17, 15) is 63.3 Å². The Morgan fingerprint density at radius 1 is 0.783 bits per heavy atom. The number of rotatable bonds is 31. The second-order valence-corrected chi connectivity index (χ2v) is 16.9. The quantitative estimate of drug-likeness (QED) is 0.0134. The number of aromatic nitrogens is 4. The highest BCUT2D eigenvalue weighted by Crippen LogP contribution is 2.20. The number of nitrogens with zero attached hydrogens (tertiary/aromatic N) is 4. The fourth-order valence-electron chi connectivity index (χ4n) is 7.07. The Labute approximate surface area is 400 Å². The number of aryl methyl sites for hydroxylation is 2. The van der Waals surface area contributed by atoms with Gasteiger partial charge in [0.1, 0.15) is 6.04 Å². The predicted octanol–water partition coefficient (Wildman–Crippen LogP) is 0.102. The van der Waals surface area contributed by atoms with Crippen LogP contribution in [0.3, 0.4) is 0 Å². The molecule has 3 aromatic rings. The summed E-state index contributed by atoms with van der Waals surface area (Å²) in [6.45, 7) is 3.30. The van der Waals surface area contributed by atoms with Gasteiger partial charge in [-0.1, -0.05) is 38.1 Å². The maximum absolute atomic E-state index is 13.7. The van der Waals surface area contributed by atoms with Crippen molar-refractivity contribution >= 4 is 88.7 Å². The maximum Gasteiger partial charge on any atom is 0.327 e. The first-order chi connectivity index (χ1) is 32.6. The summed E-state index contributed by atoms with van der Waals surface area (Å²) in [6.07, 6.45) is -0.390. The Morgan fingerprint density at radius 3 is 1.96 bits per heavy atom. The number of aromatic amines is 1. The van der Waals surface area contributed by atoms with E-state index in [1.54, 1.807) is 38.1 Å². The zero-order chi connectivity index (χ0) is 51.4. The highest BCUT2D eigenvalue weighted by molar-refractivity contribution is 7.80. The second kappa shape index (κ2) is 27.5. The molecule has 0 bridgehead atoms. The number of guanidine groups is 1. The lowest BCUT2D eigenvalue weighted by Crippen LogP contribution is -2.49. The molecule has 25 heteroatoms. The van der Waals surface area contributed by atoms with Crippen LogP contribution in [-0.4, -0.2) is 125 Å². The zero-order valence-electron chi connectivity index (χ0n) is 38.1. The lowest BCUT2D eigenvalue weighted by Gasteiger charge is -2.24. The molecule has 0 aliphatic rings. The summed E-state index contributed by atoms with van der Waals surface area (Å²) >= 11 is 3.90. The second-order valence-electron chi connectivity index (χ2n) is 16.5. The van der Waals surface area contributed by atoms with Crippen molar-refractivity contribution in [1.29, 1.82) is 0 Å². The number of nitrogen functional groups attached to an aromatic ring is 1. The van der Waals surface area contributed by atoms with Gasteiger partial charge in [0.25, 0.3) is 5.56 Å². The van der Waals surface area contributed by atoms with Crippen molar-refractivity contribution < 1.29 is 58.5 Å². The summed E-state index contributed by atoms with van der Waals surface area (Å²) < 4.78 is 0. The number of nitrogens with one attached hydrogen (secondary N) is 4. The number of aliphatic carboxylic acids is 3. The number of hydrogen-bond donors (Lipinski definition) is 11. The molecule has 0 radical (unpaired) electrons. The van der Waals surface area contributed by atoms with E-state index in [0.717, 1.165) is 5.56 Å². The molecule has 6 atom stereocenters. The minimum atomic E-state index is -1.69. The number of carbonyl (C=O) groups is 9. The van der Waals surface area contributed by atoms with Crippen LogP contribution in [0.5, 0.6) is 0 Å². The predicted molar refractivity (Wildman–Crippen MR) is 252 cm³/mol. The molecule has 0 saturated carbocycles. The van der Waals surface area contributed by atoms with E-state index in [1.807, 2.05) is 0 Å². The fraction of sp³-hybridized carbons (Fsp3) is 0.500. The van der Waals surface area contributed by atoms with Crippen molar-refractivity contribution in [3.05, 3.63) is 57.6 Å². The zero-order valence-corrected chi connectivity index (χ0v) is 39.0. The fourth-order valence-corrected chi connectivity index (χ4v) is 7.32. The number of ketones is 3. The van der Waals surface area contributed by atoms with E-state index in [2.05, 4.69) is 53.5 Å². The molecule has 1 aromatic carbocycles. The number of carboxylic acid groups (broad SMARTS) is 3. The molecule has 0 saturated heterocycles. The van der Waals surface area contributed by atoms with Gasteiger partial charge < -0.3 is 48.5 Å². The lowest BCUT2D eigenvalue weighted by molar-refractivity contribution is -0.143. The van der Waals surface area contributed by atoms with Crippen LogP contribution >= 0.6 is 12.6 Å². The number of nitrogens with two attached hydrogens (primary N) is 3. The van der Waals surface area contributed by atoms with Gasteiger partial charge in [-0.25, -0.2) is 14.8 Å². The Balaban J connectivity index is 1.63. The highest BCUT2D eigenvalue weighted by Gasteiger charge is 2.34. The van der Waals surface area contributed by atoms with Crippen molar-refractivity contribution in [3.8, 4) is 0 Å². The number of carboxylic acids is 3. The molecule has 69 heavy (non-hydrogen) atoms. The Kier molecular flexibility index (Phi) is 22.3. The summed E-state index contributed by atoms with van der Waals surface area (Å²) in [5.41, 5.74) is 18.0. The van der Waals surface area contributed by atoms with Gasteiger partial charge in [-0.2, -0.15) is 17.6 Å². The molecule has 13 N–H and O–H groups in total. The van der Waals surface area contributed by atoms with Gasteiger partial charge in [0.2, 0.25) is 23.7 Å². The minimum absolute atomic E-state index is 0.000917. The van der Waals surface area contributed by atoms with Gasteiger partial charge >= 0.3 is 17.9 Å². The normalized spacial score (nSPS) is 13.7. The average Bonchev–Trinajstić information content (AvgIpc) is 3.28. The van der Waals surface area contributed by atoms with E-state index in [1.165, 1.54) is 6.20 Å².